The van der Waals surface area contributed by atoms with Crippen LogP contribution >= 0.6 is 11.3 Å². The van der Waals surface area contributed by atoms with Crippen molar-refractivity contribution in [3.8, 4) is 0 Å². The monoisotopic (exact) mass is 338 g/mol. The van der Waals surface area contributed by atoms with Crippen LogP contribution in [-0.2, 0) is 33.7 Å². The van der Waals surface area contributed by atoms with Crippen LogP contribution in [-0.4, -0.2) is 48.3 Å². The van der Waals surface area contributed by atoms with Crippen LogP contribution < -0.4 is 0 Å². The Balaban J connectivity index is 1.49. The maximum Gasteiger partial charge on any atom is 0.251 e. The van der Waals surface area contributed by atoms with Crippen molar-refractivity contribution in [3.63, 3.8) is 0 Å². The molecule has 23 heavy (non-hydrogen) atoms. The van der Waals surface area contributed by atoms with Crippen molar-refractivity contribution in [3.05, 3.63) is 15.6 Å². The van der Waals surface area contributed by atoms with Gasteiger partial charge >= 0.3 is 0 Å². The number of likely N-dealkylation sites (N-methyl/N-ethyl adjacent to an activating group) is 1. The lowest BCUT2D eigenvalue weighted by atomic mass is 10.0. The molecule has 1 amide bonds. The highest BCUT2D eigenvalue weighted by Crippen LogP contribution is 2.27. The summed E-state index contributed by atoms with van der Waals surface area (Å²) in [5, 5.41) is 1.04. The topological polar surface area (TPSA) is 51.7 Å². The lowest BCUT2D eigenvalue weighted by Gasteiger charge is -2.21. The van der Waals surface area contributed by atoms with E-state index in [1.807, 2.05) is 14.0 Å². The van der Waals surface area contributed by atoms with Gasteiger partial charge in [0, 0.05) is 18.5 Å². The fourth-order valence-corrected chi connectivity index (χ4v) is 4.37. The molecule has 1 fully saturated rings. The molecule has 0 aromatic carbocycles. The standard InChI is InChI=1S/C17H26N2O3S/c1-12(22-11-13-6-5-9-21-13)17(20)19(2)10-16-18-14-7-3-4-8-15(14)23-16/h12-13H,3-11H2,1-2H3. The zero-order chi connectivity index (χ0) is 16.2. The van der Waals surface area contributed by atoms with Gasteiger partial charge in [0.2, 0.25) is 0 Å². The molecule has 2 aliphatic rings. The number of carbonyl (C=O) groups is 1. The molecule has 3 rings (SSSR count). The van der Waals surface area contributed by atoms with E-state index in [-0.39, 0.29) is 12.0 Å². The summed E-state index contributed by atoms with van der Waals surface area (Å²) < 4.78 is 11.2. The normalized spacial score (nSPS) is 21.9. The number of carbonyl (C=O) groups excluding carboxylic acids is 1. The Kier molecular flexibility index (Phi) is 5.67. The SMILES string of the molecule is CC(OCC1CCCO1)C(=O)N(C)Cc1nc2c(s1)CCCC2. The molecule has 2 heterocycles. The highest BCUT2D eigenvalue weighted by Gasteiger charge is 2.23. The molecule has 0 bridgehead atoms. The number of hydrogen-bond acceptors (Lipinski definition) is 5. The predicted molar refractivity (Wildman–Crippen MR) is 89.6 cm³/mol. The highest BCUT2D eigenvalue weighted by molar-refractivity contribution is 7.11. The number of amides is 1. The molecule has 1 saturated heterocycles. The van der Waals surface area contributed by atoms with Gasteiger partial charge in [0.05, 0.1) is 24.9 Å². The minimum atomic E-state index is -0.432. The smallest absolute Gasteiger partial charge is 0.251 e. The molecule has 1 aromatic heterocycles. The molecule has 128 valence electrons. The zero-order valence-electron chi connectivity index (χ0n) is 14.0. The summed E-state index contributed by atoms with van der Waals surface area (Å²) in [6.45, 7) is 3.71. The fourth-order valence-electron chi connectivity index (χ4n) is 3.16. The summed E-state index contributed by atoms with van der Waals surface area (Å²) >= 11 is 1.76. The first-order chi connectivity index (χ1) is 11.1. The van der Waals surface area contributed by atoms with E-state index in [4.69, 9.17) is 14.5 Å². The molecule has 1 aromatic rings. The van der Waals surface area contributed by atoms with Crippen LogP contribution in [0.25, 0.3) is 0 Å². The van der Waals surface area contributed by atoms with Crippen molar-refractivity contribution in [1.82, 2.24) is 9.88 Å². The van der Waals surface area contributed by atoms with E-state index in [9.17, 15) is 4.79 Å². The summed E-state index contributed by atoms with van der Waals surface area (Å²) in [5.74, 6) is 0.0103. The molecular formula is C17H26N2O3S. The largest absolute Gasteiger partial charge is 0.376 e. The Morgan fingerprint density at radius 2 is 2.26 bits per heavy atom. The first-order valence-corrected chi connectivity index (χ1v) is 9.41. The van der Waals surface area contributed by atoms with E-state index in [0.717, 1.165) is 37.3 Å². The second-order valence-corrected chi connectivity index (χ2v) is 7.66. The van der Waals surface area contributed by atoms with Gasteiger partial charge in [0.15, 0.2) is 0 Å². The maximum absolute atomic E-state index is 12.4. The van der Waals surface area contributed by atoms with Gasteiger partial charge in [-0.3, -0.25) is 4.79 Å². The minimum Gasteiger partial charge on any atom is -0.376 e. The summed E-state index contributed by atoms with van der Waals surface area (Å²) in [6.07, 6.45) is 6.57. The molecule has 0 N–H and O–H groups in total. The lowest BCUT2D eigenvalue weighted by Crippen LogP contribution is -2.37. The van der Waals surface area contributed by atoms with Crippen molar-refractivity contribution < 1.29 is 14.3 Å². The van der Waals surface area contributed by atoms with Crippen LogP contribution in [0.3, 0.4) is 0 Å². The van der Waals surface area contributed by atoms with Crippen molar-refractivity contribution in [2.24, 2.45) is 0 Å². The summed E-state index contributed by atoms with van der Waals surface area (Å²) in [5.41, 5.74) is 1.25. The van der Waals surface area contributed by atoms with Gasteiger partial charge in [-0.2, -0.15) is 0 Å². The van der Waals surface area contributed by atoms with Crippen LogP contribution in [0.5, 0.6) is 0 Å². The molecule has 5 nitrogen and oxygen atoms in total. The number of aromatic nitrogens is 1. The molecule has 1 aliphatic heterocycles. The van der Waals surface area contributed by atoms with Crippen LogP contribution in [0.4, 0.5) is 0 Å². The summed E-state index contributed by atoms with van der Waals surface area (Å²) in [7, 11) is 1.83. The fraction of sp³-hybridized carbons (Fsp3) is 0.765. The number of fused-ring (bicyclic) bond motifs is 1. The van der Waals surface area contributed by atoms with Gasteiger partial charge in [0.1, 0.15) is 11.1 Å². The average molecular weight is 338 g/mol. The Morgan fingerprint density at radius 3 is 3.00 bits per heavy atom. The van der Waals surface area contributed by atoms with Crippen LogP contribution in [0.15, 0.2) is 0 Å². The quantitative estimate of drug-likeness (QED) is 0.800. The Morgan fingerprint density at radius 1 is 1.43 bits per heavy atom. The number of hydrogen-bond donors (Lipinski definition) is 0. The van der Waals surface area contributed by atoms with E-state index < -0.39 is 6.10 Å². The molecule has 2 unspecified atom stereocenters. The third-order valence-electron chi connectivity index (χ3n) is 4.54. The van der Waals surface area contributed by atoms with Gasteiger partial charge in [-0.1, -0.05) is 0 Å². The van der Waals surface area contributed by atoms with Gasteiger partial charge in [-0.05, 0) is 45.4 Å². The molecule has 0 radical (unpaired) electrons. The van der Waals surface area contributed by atoms with Gasteiger partial charge in [0.25, 0.3) is 5.91 Å². The highest BCUT2D eigenvalue weighted by atomic mass is 32.1. The molecule has 2 atom stereocenters. The molecule has 6 heteroatoms. The van der Waals surface area contributed by atoms with E-state index in [0.29, 0.717) is 13.2 Å². The number of rotatable bonds is 6. The molecular weight excluding hydrogens is 312 g/mol. The second kappa shape index (κ2) is 7.73. The van der Waals surface area contributed by atoms with E-state index in [1.54, 1.807) is 16.2 Å². The predicted octanol–water partition coefficient (Wildman–Crippen LogP) is 2.56. The zero-order valence-corrected chi connectivity index (χ0v) is 14.9. The van der Waals surface area contributed by atoms with Crippen molar-refractivity contribution in [1.29, 1.82) is 0 Å². The number of nitrogens with zero attached hydrogens (tertiary/aromatic N) is 2. The van der Waals surface area contributed by atoms with Gasteiger partial charge in [-0.15, -0.1) is 11.3 Å². The molecule has 0 saturated carbocycles. The van der Waals surface area contributed by atoms with Gasteiger partial charge < -0.3 is 14.4 Å². The Hall–Kier alpha value is -0.980. The van der Waals surface area contributed by atoms with Crippen LogP contribution in [0.2, 0.25) is 0 Å². The third kappa shape index (κ3) is 4.31. The average Bonchev–Trinajstić information content (AvgIpc) is 3.20. The Labute approximate surface area is 142 Å². The third-order valence-corrected chi connectivity index (χ3v) is 5.68. The number of thiazole rings is 1. The molecule has 0 spiro atoms. The van der Waals surface area contributed by atoms with E-state index >= 15 is 0 Å². The van der Waals surface area contributed by atoms with E-state index in [1.165, 1.54) is 23.4 Å². The minimum absolute atomic E-state index is 0.0103. The van der Waals surface area contributed by atoms with Crippen LogP contribution in [0, 0.1) is 0 Å². The lowest BCUT2D eigenvalue weighted by molar-refractivity contribution is -0.143. The van der Waals surface area contributed by atoms with E-state index in [2.05, 4.69) is 0 Å². The van der Waals surface area contributed by atoms with Crippen molar-refractivity contribution in [2.45, 2.75) is 64.2 Å². The number of aryl methyl sites for hydroxylation is 2. The Bertz CT molecular complexity index is 516. The van der Waals surface area contributed by atoms with Crippen molar-refractivity contribution in [2.75, 3.05) is 20.3 Å². The first-order valence-electron chi connectivity index (χ1n) is 8.59. The van der Waals surface area contributed by atoms with Crippen LogP contribution in [0.1, 0.15) is 48.2 Å². The van der Waals surface area contributed by atoms with Crippen molar-refractivity contribution >= 4 is 17.2 Å². The van der Waals surface area contributed by atoms with Gasteiger partial charge in [-0.25, -0.2) is 4.98 Å². The first kappa shape index (κ1) is 16.9. The second-order valence-electron chi connectivity index (χ2n) is 6.49. The molecule has 1 aliphatic carbocycles. The summed E-state index contributed by atoms with van der Waals surface area (Å²) in [6, 6.07) is 0. The summed E-state index contributed by atoms with van der Waals surface area (Å²) in [4.78, 5) is 20.3. The number of ether oxygens (including phenoxy) is 2. The maximum atomic E-state index is 12.4.